The number of cyclic esters (lactones) is 1. The van der Waals surface area contributed by atoms with Crippen molar-refractivity contribution in [1.82, 2.24) is 4.98 Å². The molecule has 180 valence electrons. The summed E-state index contributed by atoms with van der Waals surface area (Å²) < 4.78 is 56.9. The lowest BCUT2D eigenvalue weighted by Gasteiger charge is -2.45. The van der Waals surface area contributed by atoms with E-state index in [1.807, 2.05) is 13.0 Å². The molecule has 1 unspecified atom stereocenters. The average molecular weight is 490 g/mol. The second-order valence-corrected chi connectivity index (χ2v) is 11.2. The molecule has 0 bridgehead atoms. The van der Waals surface area contributed by atoms with Crippen LogP contribution in [0.15, 0.2) is 48.7 Å². The van der Waals surface area contributed by atoms with Crippen molar-refractivity contribution in [3.8, 4) is 11.1 Å². The highest BCUT2D eigenvalue weighted by Gasteiger charge is 2.54. The summed E-state index contributed by atoms with van der Waals surface area (Å²) in [6.45, 7) is 1.95. The number of pyridine rings is 1. The molecule has 5 rings (SSSR count). The first kappa shape index (κ1) is 23.3. The van der Waals surface area contributed by atoms with Crippen molar-refractivity contribution in [3.05, 3.63) is 59.9 Å². The Morgan fingerprint density at radius 3 is 2.74 bits per heavy atom. The van der Waals surface area contributed by atoms with E-state index in [0.29, 0.717) is 34.2 Å². The Balaban J connectivity index is 1.38. The zero-order valence-corrected chi connectivity index (χ0v) is 19.5. The third-order valence-electron chi connectivity index (χ3n) is 7.59. The minimum Gasteiger partial charge on any atom is -0.462 e. The van der Waals surface area contributed by atoms with Gasteiger partial charge >= 0.3 is 12.1 Å². The molecule has 2 saturated heterocycles. The summed E-state index contributed by atoms with van der Waals surface area (Å²) >= 11 is 0. The molecule has 8 heteroatoms. The Kier molecular flexibility index (Phi) is 6.12. The number of nitrogens with zero attached hydrogens (tertiary/aromatic N) is 1. The molecule has 0 N–H and O–H groups in total. The number of esters is 1. The fourth-order valence-corrected chi connectivity index (χ4v) is 7.57. The van der Waals surface area contributed by atoms with Crippen molar-refractivity contribution in [2.75, 3.05) is 11.5 Å². The molecular formula is C26H26F3NO3S. The smallest absolute Gasteiger partial charge is 0.416 e. The predicted octanol–water partition coefficient (Wildman–Crippen LogP) is 5.36. The monoisotopic (exact) mass is 489 g/mol. The standard InChI is InChI=1S/C26H26F3NO3S/c1-15-24-22(21-9-10-34(32)14-18(21)12-23(24)25(31)33-15)8-7-20-6-5-17(13-30-20)16-3-2-4-19(11-16)26(27,28)29/h2-8,11,13,15,18,21-24H,9-10,12,14H2,1H3/b8-7+/t15-,18-,21-,22+,23-,24+,34?/m1/s1. The van der Waals surface area contributed by atoms with E-state index in [9.17, 15) is 22.2 Å². The van der Waals surface area contributed by atoms with Crippen LogP contribution in [0.25, 0.3) is 17.2 Å². The molecular weight excluding hydrogens is 463 g/mol. The lowest BCUT2D eigenvalue weighted by Crippen LogP contribution is -2.46. The van der Waals surface area contributed by atoms with E-state index in [4.69, 9.17) is 4.74 Å². The van der Waals surface area contributed by atoms with E-state index in [1.165, 1.54) is 6.07 Å². The quantitative estimate of drug-likeness (QED) is 0.545. The molecule has 3 heterocycles. The third kappa shape index (κ3) is 4.44. The van der Waals surface area contributed by atoms with Crippen LogP contribution in [0.4, 0.5) is 13.2 Å². The first-order valence-electron chi connectivity index (χ1n) is 11.6. The second kappa shape index (κ2) is 8.95. The minimum absolute atomic E-state index is 0.0981. The Bertz CT molecular complexity index is 1130. The summed E-state index contributed by atoms with van der Waals surface area (Å²) in [4.78, 5) is 16.9. The van der Waals surface area contributed by atoms with Crippen molar-refractivity contribution in [2.24, 2.45) is 29.6 Å². The van der Waals surface area contributed by atoms with Gasteiger partial charge < -0.3 is 4.74 Å². The van der Waals surface area contributed by atoms with E-state index >= 15 is 0 Å². The van der Waals surface area contributed by atoms with Gasteiger partial charge in [0.05, 0.1) is 17.2 Å². The number of rotatable bonds is 3. The Hall–Kier alpha value is -2.48. The molecule has 4 nitrogen and oxygen atoms in total. The van der Waals surface area contributed by atoms with Gasteiger partial charge in [-0.15, -0.1) is 0 Å². The van der Waals surface area contributed by atoms with Crippen LogP contribution in [-0.4, -0.2) is 32.8 Å². The lowest BCUT2D eigenvalue weighted by atomic mass is 9.60. The second-order valence-electron chi connectivity index (χ2n) is 9.57. The molecule has 1 aliphatic carbocycles. The van der Waals surface area contributed by atoms with Crippen LogP contribution in [0, 0.1) is 29.6 Å². The third-order valence-corrected chi connectivity index (χ3v) is 9.08. The first-order chi connectivity index (χ1) is 16.2. The topological polar surface area (TPSA) is 56.3 Å². The molecule has 2 aliphatic heterocycles. The molecule has 1 aromatic heterocycles. The van der Waals surface area contributed by atoms with Gasteiger partial charge in [-0.2, -0.15) is 13.2 Å². The normalized spacial score (nSPS) is 33.4. The minimum atomic E-state index is -4.39. The number of carbonyl (C=O) groups is 1. The van der Waals surface area contributed by atoms with Crippen molar-refractivity contribution < 1.29 is 26.9 Å². The van der Waals surface area contributed by atoms with Crippen LogP contribution < -0.4 is 0 Å². The van der Waals surface area contributed by atoms with Gasteiger partial charge in [0.1, 0.15) is 6.10 Å². The van der Waals surface area contributed by atoms with Crippen LogP contribution in [0.1, 0.15) is 31.0 Å². The van der Waals surface area contributed by atoms with Gasteiger partial charge in [0.25, 0.3) is 0 Å². The molecule has 0 radical (unpaired) electrons. The number of hydrogen-bond acceptors (Lipinski definition) is 4. The summed E-state index contributed by atoms with van der Waals surface area (Å²) in [6.07, 6.45) is 2.70. The van der Waals surface area contributed by atoms with Gasteiger partial charge in [0.15, 0.2) is 0 Å². The molecule has 1 aromatic carbocycles. The number of benzene rings is 1. The van der Waals surface area contributed by atoms with Gasteiger partial charge in [-0.25, -0.2) is 0 Å². The summed E-state index contributed by atoms with van der Waals surface area (Å²) in [5.41, 5.74) is 1.08. The Labute approximate surface area is 199 Å². The highest BCUT2D eigenvalue weighted by molar-refractivity contribution is 7.85. The van der Waals surface area contributed by atoms with Gasteiger partial charge in [-0.1, -0.05) is 24.3 Å². The zero-order valence-electron chi connectivity index (χ0n) is 18.7. The van der Waals surface area contributed by atoms with Gasteiger partial charge in [0.2, 0.25) is 0 Å². The van der Waals surface area contributed by atoms with Crippen LogP contribution in [0.2, 0.25) is 0 Å². The fourth-order valence-electron chi connectivity index (χ4n) is 6.01. The summed E-state index contributed by atoms with van der Waals surface area (Å²) in [7, 11) is -0.829. The van der Waals surface area contributed by atoms with E-state index in [0.717, 1.165) is 25.0 Å². The molecule has 0 spiro atoms. The maximum absolute atomic E-state index is 13.0. The van der Waals surface area contributed by atoms with E-state index in [-0.39, 0.29) is 35.7 Å². The SMILES string of the molecule is C[C@H]1OC(=O)[C@@H]2C[C@@H]3CS(=O)CC[C@H]3[C@H](/C=C/c3ccc(-c4cccc(C(F)(F)F)c4)cn3)[C@H]12. The van der Waals surface area contributed by atoms with Crippen molar-refractivity contribution in [2.45, 2.75) is 32.0 Å². The summed E-state index contributed by atoms with van der Waals surface area (Å²) in [5, 5.41) is 0. The fraction of sp³-hybridized carbons (Fsp3) is 0.462. The number of aromatic nitrogens is 1. The van der Waals surface area contributed by atoms with Gasteiger partial charge in [-0.3, -0.25) is 14.0 Å². The molecule has 3 aliphatic rings. The average Bonchev–Trinajstić information content (AvgIpc) is 3.09. The Morgan fingerprint density at radius 2 is 2.00 bits per heavy atom. The van der Waals surface area contributed by atoms with E-state index in [1.54, 1.807) is 24.4 Å². The molecule has 3 fully saturated rings. The van der Waals surface area contributed by atoms with Crippen molar-refractivity contribution >= 4 is 22.8 Å². The largest absolute Gasteiger partial charge is 0.462 e. The van der Waals surface area contributed by atoms with Crippen LogP contribution >= 0.6 is 0 Å². The van der Waals surface area contributed by atoms with Crippen LogP contribution in [0.3, 0.4) is 0 Å². The zero-order chi connectivity index (χ0) is 24.0. The highest BCUT2D eigenvalue weighted by atomic mass is 32.2. The number of ether oxygens (including phenoxy) is 1. The van der Waals surface area contributed by atoms with Gasteiger partial charge in [-0.05, 0) is 67.4 Å². The molecule has 7 atom stereocenters. The van der Waals surface area contributed by atoms with E-state index < -0.39 is 22.5 Å². The maximum atomic E-state index is 13.0. The van der Waals surface area contributed by atoms with E-state index in [2.05, 4.69) is 11.1 Å². The van der Waals surface area contributed by atoms with Crippen molar-refractivity contribution in [1.29, 1.82) is 0 Å². The Morgan fingerprint density at radius 1 is 1.18 bits per heavy atom. The van der Waals surface area contributed by atoms with Crippen LogP contribution in [0.5, 0.6) is 0 Å². The number of carbonyl (C=O) groups excluding carboxylic acids is 1. The lowest BCUT2D eigenvalue weighted by molar-refractivity contribution is -0.144. The first-order valence-corrected chi connectivity index (χ1v) is 13.1. The molecule has 34 heavy (non-hydrogen) atoms. The summed E-state index contributed by atoms with van der Waals surface area (Å²) in [6, 6.07) is 8.77. The van der Waals surface area contributed by atoms with Gasteiger partial charge in [0, 0.05) is 40.0 Å². The molecule has 2 aromatic rings. The van der Waals surface area contributed by atoms with Crippen molar-refractivity contribution in [3.63, 3.8) is 0 Å². The molecule has 1 saturated carbocycles. The number of fused-ring (bicyclic) bond motifs is 2. The number of alkyl halides is 3. The van der Waals surface area contributed by atoms with Crippen LogP contribution in [-0.2, 0) is 26.5 Å². The number of halogens is 3. The number of allylic oxidation sites excluding steroid dienone is 1. The summed E-state index contributed by atoms with van der Waals surface area (Å²) in [5.74, 6) is 1.87. The molecule has 0 amide bonds. The maximum Gasteiger partial charge on any atom is 0.416 e. The predicted molar refractivity (Wildman–Crippen MR) is 124 cm³/mol. The number of hydrogen-bond donors (Lipinski definition) is 0. The highest BCUT2D eigenvalue weighted by Crippen LogP contribution is 2.51.